The molecule has 1 N–H and O–H groups in total. The van der Waals surface area contributed by atoms with Crippen LogP contribution in [0.4, 0.5) is 0 Å². The zero-order valence-electron chi connectivity index (χ0n) is 3.97. The van der Waals surface area contributed by atoms with Gasteiger partial charge in [0.2, 0.25) is 6.19 Å². The summed E-state index contributed by atoms with van der Waals surface area (Å²) in [7, 11) is 1.47. The molecule has 0 atom stereocenters. The van der Waals surface area contributed by atoms with Crippen LogP contribution in [0, 0.1) is 11.5 Å². The van der Waals surface area contributed by atoms with Gasteiger partial charge in [-0.05, 0) is 0 Å². The van der Waals surface area contributed by atoms with E-state index in [0.29, 0.717) is 0 Å². The van der Waals surface area contributed by atoms with E-state index in [0.717, 1.165) is 0 Å². The highest BCUT2D eigenvalue weighted by Crippen LogP contribution is 1.62. The first-order chi connectivity index (χ1) is 3.41. The predicted octanol–water partition coefficient (Wildman–Crippen LogP) is -0.407. The van der Waals surface area contributed by atoms with E-state index < -0.39 is 0 Å². The van der Waals surface area contributed by atoms with Gasteiger partial charge in [-0.25, -0.2) is 4.84 Å². The summed E-state index contributed by atoms with van der Waals surface area (Å²) in [6.45, 7) is 0.0908. The average Bonchev–Trinajstić information content (AvgIpc) is 1.69. The second-order valence-electron chi connectivity index (χ2n) is 0.765. The Morgan fingerprint density at radius 3 is 3.00 bits per heavy atom. The van der Waals surface area contributed by atoms with E-state index in [1.165, 1.54) is 7.11 Å². The van der Waals surface area contributed by atoms with E-state index in [4.69, 9.17) is 5.26 Å². The number of methoxy groups -OCH3 is 1. The van der Waals surface area contributed by atoms with Crippen molar-refractivity contribution in [1.82, 2.24) is 5.48 Å². The number of nitriles is 1. The van der Waals surface area contributed by atoms with Gasteiger partial charge in [0, 0.05) is 7.11 Å². The number of rotatable bonds is 3. The second-order valence-corrected chi connectivity index (χ2v) is 0.765. The number of hydrogen-bond donors (Lipinski definition) is 1. The molecular weight excluding hydrogens is 96.0 g/mol. The molecule has 0 saturated carbocycles. The molecule has 0 aliphatic rings. The lowest BCUT2D eigenvalue weighted by Gasteiger charge is -1.93. The van der Waals surface area contributed by atoms with Gasteiger partial charge in [0.25, 0.3) is 0 Å². The Kier molecular flexibility index (Phi) is 4.62. The highest BCUT2D eigenvalue weighted by Gasteiger charge is 1.73. The number of nitrogens with zero attached hydrogens (tertiary/aromatic N) is 1. The van der Waals surface area contributed by atoms with E-state index in [2.05, 4.69) is 9.57 Å². The third-order valence-electron chi connectivity index (χ3n) is 0.295. The molecule has 0 unspecified atom stereocenters. The monoisotopic (exact) mass is 102 g/mol. The molecule has 0 rings (SSSR count). The maximum absolute atomic E-state index is 7.75. The largest absolute Gasteiger partial charge is 0.356 e. The Bertz CT molecular complexity index is 67.8. The molecule has 0 radical (unpaired) electrons. The molecule has 0 aromatic rings. The number of hydrogen-bond acceptors (Lipinski definition) is 4. The number of ether oxygens (including phenoxy) is 1. The molecule has 7 heavy (non-hydrogen) atoms. The molecule has 4 nitrogen and oxygen atoms in total. The molecule has 0 aliphatic carbocycles. The molecule has 0 aliphatic heterocycles. The zero-order valence-corrected chi connectivity index (χ0v) is 3.97. The minimum Gasteiger partial charge on any atom is -0.356 e. The lowest BCUT2D eigenvalue weighted by molar-refractivity contribution is -0.0634. The maximum atomic E-state index is 7.75. The quantitative estimate of drug-likeness (QED) is 0.173. The van der Waals surface area contributed by atoms with Gasteiger partial charge in [-0.1, -0.05) is 0 Å². The smallest absolute Gasteiger partial charge is 0.202 e. The molecule has 40 valence electrons. The highest BCUT2D eigenvalue weighted by molar-refractivity contribution is 4.52. The van der Waals surface area contributed by atoms with Crippen LogP contribution in [0.5, 0.6) is 0 Å². The van der Waals surface area contributed by atoms with Gasteiger partial charge in [0.15, 0.2) is 6.79 Å². The zero-order chi connectivity index (χ0) is 5.54. The molecule has 4 heteroatoms. The Labute approximate surface area is 41.6 Å². The van der Waals surface area contributed by atoms with Crippen LogP contribution in [-0.2, 0) is 9.57 Å². The van der Waals surface area contributed by atoms with Crippen LogP contribution >= 0.6 is 0 Å². The van der Waals surface area contributed by atoms with Crippen LogP contribution in [0.2, 0.25) is 0 Å². The molecule has 0 heterocycles. The fourth-order valence-corrected chi connectivity index (χ4v) is 0.121. The molecule has 0 spiro atoms. The van der Waals surface area contributed by atoms with Gasteiger partial charge in [-0.2, -0.15) is 10.7 Å². The van der Waals surface area contributed by atoms with Crippen molar-refractivity contribution < 1.29 is 9.57 Å². The summed E-state index contributed by atoms with van der Waals surface area (Å²) in [4.78, 5) is 4.30. The van der Waals surface area contributed by atoms with Crippen molar-refractivity contribution in [3.8, 4) is 6.19 Å². The van der Waals surface area contributed by atoms with Crippen molar-refractivity contribution in [2.45, 2.75) is 0 Å². The molecular formula is C3H6N2O2. The first-order valence-electron chi connectivity index (χ1n) is 1.66. The summed E-state index contributed by atoms with van der Waals surface area (Å²) in [5.74, 6) is 0. The molecule has 0 amide bonds. The topological polar surface area (TPSA) is 54.3 Å². The van der Waals surface area contributed by atoms with Gasteiger partial charge in [0.1, 0.15) is 0 Å². The van der Waals surface area contributed by atoms with E-state index in [1.807, 2.05) is 5.48 Å². The van der Waals surface area contributed by atoms with Crippen molar-refractivity contribution in [3.63, 3.8) is 0 Å². The van der Waals surface area contributed by atoms with Gasteiger partial charge < -0.3 is 4.74 Å². The Morgan fingerprint density at radius 2 is 2.57 bits per heavy atom. The van der Waals surface area contributed by atoms with Crippen LogP contribution in [0.25, 0.3) is 0 Å². The summed E-state index contributed by atoms with van der Waals surface area (Å²) in [5.41, 5.74) is 1.93. The van der Waals surface area contributed by atoms with E-state index in [1.54, 1.807) is 6.19 Å². The minimum absolute atomic E-state index is 0.0908. The standard InChI is InChI=1S/C3H6N2O2/c1-6-3-7-5-2-4/h5H,3H2,1H3. The van der Waals surface area contributed by atoms with Crippen molar-refractivity contribution in [2.24, 2.45) is 0 Å². The van der Waals surface area contributed by atoms with Gasteiger partial charge in [-0.3, -0.25) is 0 Å². The lowest BCUT2D eigenvalue weighted by Crippen LogP contribution is -2.08. The molecule has 0 fully saturated rings. The highest BCUT2D eigenvalue weighted by atomic mass is 16.7. The molecule has 0 aromatic carbocycles. The SMILES string of the molecule is COCONC#N. The lowest BCUT2D eigenvalue weighted by atomic mass is 11.4. The van der Waals surface area contributed by atoms with E-state index in [9.17, 15) is 0 Å². The summed E-state index contributed by atoms with van der Waals surface area (Å²) in [6.07, 6.45) is 1.55. The number of nitrogens with one attached hydrogen (secondary N) is 1. The molecule has 0 aromatic heterocycles. The Hall–Kier alpha value is -0.790. The van der Waals surface area contributed by atoms with E-state index in [-0.39, 0.29) is 6.79 Å². The van der Waals surface area contributed by atoms with Crippen LogP contribution < -0.4 is 5.48 Å². The fraction of sp³-hybridized carbons (Fsp3) is 0.667. The molecule has 0 saturated heterocycles. The van der Waals surface area contributed by atoms with Crippen LogP contribution in [-0.4, -0.2) is 13.9 Å². The summed E-state index contributed by atoms with van der Waals surface area (Å²) >= 11 is 0. The predicted molar refractivity (Wildman–Crippen MR) is 21.7 cm³/mol. The first kappa shape index (κ1) is 6.21. The van der Waals surface area contributed by atoms with Gasteiger partial charge in [-0.15, -0.1) is 0 Å². The Morgan fingerprint density at radius 1 is 1.86 bits per heavy atom. The fourth-order valence-electron chi connectivity index (χ4n) is 0.121. The third kappa shape index (κ3) is 5.21. The van der Waals surface area contributed by atoms with Gasteiger partial charge >= 0.3 is 0 Å². The third-order valence-corrected chi connectivity index (χ3v) is 0.295. The second kappa shape index (κ2) is 5.21. The normalized spacial score (nSPS) is 7.43. The van der Waals surface area contributed by atoms with Gasteiger partial charge in [0.05, 0.1) is 0 Å². The van der Waals surface area contributed by atoms with Crippen LogP contribution in [0.15, 0.2) is 0 Å². The van der Waals surface area contributed by atoms with Crippen LogP contribution in [0.3, 0.4) is 0 Å². The van der Waals surface area contributed by atoms with Crippen LogP contribution in [0.1, 0.15) is 0 Å². The van der Waals surface area contributed by atoms with Crippen molar-refractivity contribution in [1.29, 1.82) is 5.26 Å². The van der Waals surface area contributed by atoms with Crippen molar-refractivity contribution in [3.05, 3.63) is 0 Å². The average molecular weight is 102 g/mol. The number of hydroxylamine groups is 1. The minimum atomic E-state index is 0.0908. The maximum Gasteiger partial charge on any atom is 0.202 e. The Balaban J connectivity index is 2.60. The van der Waals surface area contributed by atoms with Crippen molar-refractivity contribution >= 4 is 0 Å². The van der Waals surface area contributed by atoms with E-state index >= 15 is 0 Å². The summed E-state index contributed by atoms with van der Waals surface area (Å²) in [5, 5.41) is 7.75. The first-order valence-corrected chi connectivity index (χ1v) is 1.66. The van der Waals surface area contributed by atoms with Crippen molar-refractivity contribution in [2.75, 3.05) is 13.9 Å². The summed E-state index contributed by atoms with van der Waals surface area (Å²) in [6, 6.07) is 0. The summed E-state index contributed by atoms with van der Waals surface area (Å²) < 4.78 is 4.41. The molecule has 0 bridgehead atoms.